The highest BCUT2D eigenvalue weighted by molar-refractivity contribution is 5.61. The predicted octanol–water partition coefficient (Wildman–Crippen LogP) is 2.87. The Labute approximate surface area is 96.1 Å². The van der Waals surface area contributed by atoms with E-state index in [9.17, 15) is 14.5 Å². The lowest BCUT2D eigenvalue weighted by Gasteiger charge is -2.05. The number of pyridine rings is 1. The fraction of sp³-hybridized carbons (Fsp3) is 0. The summed E-state index contributed by atoms with van der Waals surface area (Å²) in [5, 5.41) is 13.4. The molecule has 6 heteroatoms. The molecule has 0 bridgehead atoms. The molecule has 0 aliphatic heterocycles. The molecule has 1 aromatic carbocycles. The van der Waals surface area contributed by atoms with E-state index < -0.39 is 10.7 Å². The molecule has 1 aromatic heterocycles. The summed E-state index contributed by atoms with van der Waals surface area (Å²) in [5.41, 5.74) is 0.712. The molecule has 5 nitrogen and oxygen atoms in total. The van der Waals surface area contributed by atoms with E-state index in [-0.39, 0.29) is 5.69 Å². The van der Waals surface area contributed by atoms with Crippen molar-refractivity contribution in [2.24, 2.45) is 0 Å². The van der Waals surface area contributed by atoms with Crippen LogP contribution in [0.3, 0.4) is 0 Å². The van der Waals surface area contributed by atoms with Crippen LogP contribution in [0.5, 0.6) is 0 Å². The van der Waals surface area contributed by atoms with E-state index in [1.807, 2.05) is 0 Å². The van der Waals surface area contributed by atoms with Gasteiger partial charge in [0.2, 0.25) is 0 Å². The zero-order valence-corrected chi connectivity index (χ0v) is 8.63. The molecule has 1 heterocycles. The summed E-state index contributed by atoms with van der Waals surface area (Å²) in [5.74, 6) is -0.657. The van der Waals surface area contributed by atoms with E-state index in [1.54, 1.807) is 24.5 Å². The third-order valence-corrected chi connectivity index (χ3v) is 2.06. The Bertz CT molecular complexity index is 546. The molecule has 2 aromatic rings. The number of non-ortho nitro benzene ring substituents is 1. The van der Waals surface area contributed by atoms with Crippen LogP contribution in [-0.2, 0) is 0 Å². The second kappa shape index (κ2) is 4.56. The van der Waals surface area contributed by atoms with Crippen molar-refractivity contribution < 1.29 is 9.31 Å². The SMILES string of the molecule is O=[N+]([O-])c1cc(F)cc(Nc2ccncc2)c1. The average molecular weight is 233 g/mol. The van der Waals surface area contributed by atoms with Crippen LogP contribution in [0.15, 0.2) is 42.7 Å². The summed E-state index contributed by atoms with van der Waals surface area (Å²) in [6.07, 6.45) is 3.13. The number of aromatic nitrogens is 1. The number of nitrogens with one attached hydrogen (secondary N) is 1. The van der Waals surface area contributed by atoms with E-state index in [0.717, 1.165) is 6.07 Å². The minimum Gasteiger partial charge on any atom is -0.355 e. The zero-order chi connectivity index (χ0) is 12.3. The van der Waals surface area contributed by atoms with Crippen molar-refractivity contribution in [1.29, 1.82) is 0 Å². The topological polar surface area (TPSA) is 68.1 Å². The van der Waals surface area contributed by atoms with E-state index in [0.29, 0.717) is 11.4 Å². The first-order valence-corrected chi connectivity index (χ1v) is 4.77. The summed E-state index contributed by atoms with van der Waals surface area (Å²) in [4.78, 5) is 13.7. The summed E-state index contributed by atoms with van der Waals surface area (Å²) < 4.78 is 13.1. The molecule has 0 saturated carbocycles. The molecule has 0 aliphatic rings. The van der Waals surface area contributed by atoms with Crippen LogP contribution in [0, 0.1) is 15.9 Å². The molecule has 0 amide bonds. The molecular weight excluding hydrogens is 225 g/mol. The quantitative estimate of drug-likeness (QED) is 0.653. The molecule has 0 unspecified atom stereocenters. The number of hydrogen-bond acceptors (Lipinski definition) is 4. The highest BCUT2D eigenvalue weighted by Crippen LogP contribution is 2.22. The van der Waals surface area contributed by atoms with Gasteiger partial charge in [-0.25, -0.2) is 4.39 Å². The van der Waals surface area contributed by atoms with Crippen molar-refractivity contribution in [3.8, 4) is 0 Å². The van der Waals surface area contributed by atoms with Gasteiger partial charge in [-0.05, 0) is 18.2 Å². The molecular formula is C11H8FN3O2. The minimum absolute atomic E-state index is 0.290. The van der Waals surface area contributed by atoms with Gasteiger partial charge in [-0.3, -0.25) is 15.1 Å². The van der Waals surface area contributed by atoms with Crippen LogP contribution >= 0.6 is 0 Å². The lowest BCUT2D eigenvalue weighted by Crippen LogP contribution is -1.94. The Kier molecular flexibility index (Phi) is 2.95. The third kappa shape index (κ3) is 2.75. The van der Waals surface area contributed by atoms with Crippen LogP contribution in [0.4, 0.5) is 21.5 Å². The fourth-order valence-electron chi connectivity index (χ4n) is 1.35. The van der Waals surface area contributed by atoms with E-state index >= 15 is 0 Å². The standard InChI is InChI=1S/C11H8FN3O2/c12-8-5-10(7-11(6-8)15(16)17)14-9-1-3-13-4-2-9/h1-7H,(H,13,14). The van der Waals surface area contributed by atoms with Gasteiger partial charge in [-0.15, -0.1) is 0 Å². The first-order valence-electron chi connectivity index (χ1n) is 4.77. The van der Waals surface area contributed by atoms with Crippen LogP contribution in [0.25, 0.3) is 0 Å². The summed E-state index contributed by atoms with van der Waals surface area (Å²) >= 11 is 0. The zero-order valence-electron chi connectivity index (χ0n) is 8.63. The number of hydrogen-bond donors (Lipinski definition) is 1. The van der Waals surface area contributed by atoms with Gasteiger partial charge in [0, 0.05) is 29.8 Å². The van der Waals surface area contributed by atoms with Crippen LogP contribution in [0.2, 0.25) is 0 Å². The second-order valence-corrected chi connectivity index (χ2v) is 3.32. The van der Waals surface area contributed by atoms with E-state index in [2.05, 4.69) is 10.3 Å². The first kappa shape index (κ1) is 11.0. The highest BCUT2D eigenvalue weighted by atomic mass is 19.1. The monoisotopic (exact) mass is 233 g/mol. The van der Waals surface area contributed by atoms with Crippen molar-refractivity contribution in [1.82, 2.24) is 4.98 Å². The molecule has 86 valence electrons. The van der Waals surface area contributed by atoms with Gasteiger partial charge in [0.1, 0.15) is 5.82 Å². The van der Waals surface area contributed by atoms with Gasteiger partial charge >= 0.3 is 0 Å². The molecule has 0 saturated heterocycles. The molecule has 1 N–H and O–H groups in total. The molecule has 0 radical (unpaired) electrons. The van der Waals surface area contributed by atoms with Gasteiger partial charge in [0.25, 0.3) is 5.69 Å². The molecule has 0 spiro atoms. The Hall–Kier alpha value is -2.50. The molecule has 0 aliphatic carbocycles. The number of rotatable bonds is 3. The van der Waals surface area contributed by atoms with Crippen molar-refractivity contribution in [2.75, 3.05) is 5.32 Å². The summed E-state index contributed by atoms with van der Waals surface area (Å²) in [6, 6.07) is 6.68. The Morgan fingerprint density at radius 1 is 1.18 bits per heavy atom. The van der Waals surface area contributed by atoms with Gasteiger partial charge in [0.15, 0.2) is 0 Å². The lowest BCUT2D eigenvalue weighted by atomic mass is 10.2. The van der Waals surface area contributed by atoms with Gasteiger partial charge < -0.3 is 5.32 Å². The van der Waals surface area contributed by atoms with E-state index in [4.69, 9.17) is 0 Å². The average Bonchev–Trinajstić information content (AvgIpc) is 2.29. The predicted molar refractivity (Wildman–Crippen MR) is 60.6 cm³/mol. The number of nitrogens with zero attached hydrogens (tertiary/aromatic N) is 2. The lowest BCUT2D eigenvalue weighted by molar-refractivity contribution is -0.385. The largest absolute Gasteiger partial charge is 0.355 e. The Morgan fingerprint density at radius 3 is 2.53 bits per heavy atom. The highest BCUT2D eigenvalue weighted by Gasteiger charge is 2.09. The number of anilines is 2. The van der Waals surface area contributed by atoms with Crippen molar-refractivity contribution in [3.63, 3.8) is 0 Å². The number of benzene rings is 1. The maximum Gasteiger partial charge on any atom is 0.274 e. The Morgan fingerprint density at radius 2 is 1.88 bits per heavy atom. The van der Waals surface area contributed by atoms with Gasteiger partial charge in [-0.2, -0.15) is 0 Å². The maximum atomic E-state index is 13.1. The van der Waals surface area contributed by atoms with Crippen molar-refractivity contribution in [3.05, 3.63) is 58.7 Å². The molecule has 0 fully saturated rings. The third-order valence-electron chi connectivity index (χ3n) is 2.06. The summed E-state index contributed by atoms with van der Waals surface area (Å²) in [6.45, 7) is 0. The second-order valence-electron chi connectivity index (χ2n) is 3.32. The fourth-order valence-corrected chi connectivity index (χ4v) is 1.35. The molecule has 17 heavy (non-hydrogen) atoms. The number of halogens is 1. The van der Waals surface area contributed by atoms with Crippen LogP contribution < -0.4 is 5.32 Å². The van der Waals surface area contributed by atoms with Crippen molar-refractivity contribution in [2.45, 2.75) is 0 Å². The normalized spacial score (nSPS) is 9.94. The number of nitro groups is 1. The summed E-state index contributed by atoms with van der Waals surface area (Å²) in [7, 11) is 0. The van der Waals surface area contributed by atoms with Gasteiger partial charge in [0.05, 0.1) is 11.0 Å². The van der Waals surface area contributed by atoms with Crippen LogP contribution in [-0.4, -0.2) is 9.91 Å². The van der Waals surface area contributed by atoms with E-state index in [1.165, 1.54) is 12.1 Å². The maximum absolute atomic E-state index is 13.1. The van der Waals surface area contributed by atoms with Crippen LogP contribution in [0.1, 0.15) is 0 Å². The number of nitro benzene ring substituents is 1. The van der Waals surface area contributed by atoms with Gasteiger partial charge in [-0.1, -0.05) is 0 Å². The van der Waals surface area contributed by atoms with Crippen molar-refractivity contribution >= 4 is 17.1 Å². The molecule has 2 rings (SSSR count). The first-order chi connectivity index (χ1) is 8.15. The smallest absolute Gasteiger partial charge is 0.274 e. The minimum atomic E-state index is -0.657. The molecule has 0 atom stereocenters. The Balaban J connectivity index is 2.30.